The van der Waals surface area contributed by atoms with Crippen LogP contribution in [0.25, 0.3) is 0 Å². The minimum absolute atomic E-state index is 0.0932. The van der Waals surface area contributed by atoms with Gasteiger partial charge in [0.2, 0.25) is 0 Å². The van der Waals surface area contributed by atoms with Crippen LogP contribution in [0.3, 0.4) is 0 Å². The highest BCUT2D eigenvalue weighted by atomic mass is 19.2. The Bertz CT molecular complexity index is 720. The molecule has 0 bridgehead atoms. The van der Waals surface area contributed by atoms with Crippen LogP contribution in [0.1, 0.15) is 10.4 Å². The van der Waals surface area contributed by atoms with Crippen molar-refractivity contribution in [2.75, 3.05) is 11.9 Å². The number of primary amides is 1. The van der Waals surface area contributed by atoms with E-state index in [-0.39, 0.29) is 17.0 Å². The van der Waals surface area contributed by atoms with Crippen LogP contribution < -0.4 is 15.8 Å². The second kappa shape index (κ2) is 6.66. The first-order valence-corrected chi connectivity index (χ1v) is 6.24. The van der Waals surface area contributed by atoms with E-state index in [0.29, 0.717) is 0 Å². The summed E-state index contributed by atoms with van der Waals surface area (Å²) < 4.78 is 31.0. The van der Waals surface area contributed by atoms with Gasteiger partial charge in [0.1, 0.15) is 5.75 Å². The molecule has 7 heteroatoms. The Morgan fingerprint density at radius 1 is 1.09 bits per heavy atom. The van der Waals surface area contributed by atoms with E-state index in [2.05, 4.69) is 5.32 Å². The van der Waals surface area contributed by atoms with Crippen molar-refractivity contribution in [1.29, 1.82) is 0 Å². The van der Waals surface area contributed by atoms with Gasteiger partial charge in [-0.15, -0.1) is 0 Å². The molecule has 0 atom stereocenters. The Hall–Kier alpha value is -2.96. The van der Waals surface area contributed by atoms with Gasteiger partial charge < -0.3 is 15.8 Å². The molecule has 0 aliphatic rings. The van der Waals surface area contributed by atoms with Crippen molar-refractivity contribution in [3.8, 4) is 5.75 Å². The van der Waals surface area contributed by atoms with Crippen LogP contribution >= 0.6 is 0 Å². The SMILES string of the molecule is NC(=O)c1ccccc1OCC(=O)Nc1ccc(F)c(F)c1. The zero-order chi connectivity index (χ0) is 16.1. The first kappa shape index (κ1) is 15.4. The maximum Gasteiger partial charge on any atom is 0.262 e. The first-order chi connectivity index (χ1) is 10.5. The third-order valence-electron chi connectivity index (χ3n) is 2.71. The van der Waals surface area contributed by atoms with Crippen molar-refractivity contribution < 1.29 is 23.1 Å². The van der Waals surface area contributed by atoms with Crippen molar-refractivity contribution in [3.05, 3.63) is 59.7 Å². The van der Waals surface area contributed by atoms with E-state index in [1.807, 2.05) is 0 Å². The number of hydrogen-bond acceptors (Lipinski definition) is 3. The Morgan fingerprint density at radius 3 is 2.50 bits per heavy atom. The molecule has 22 heavy (non-hydrogen) atoms. The molecule has 0 spiro atoms. The Balaban J connectivity index is 1.98. The fourth-order valence-electron chi connectivity index (χ4n) is 1.71. The van der Waals surface area contributed by atoms with Crippen LogP contribution in [-0.2, 0) is 4.79 Å². The number of hydrogen-bond donors (Lipinski definition) is 2. The fourth-order valence-corrected chi connectivity index (χ4v) is 1.71. The van der Waals surface area contributed by atoms with E-state index in [1.165, 1.54) is 18.2 Å². The summed E-state index contributed by atoms with van der Waals surface area (Å²) in [5, 5.41) is 2.34. The molecular weight excluding hydrogens is 294 g/mol. The Kier molecular flexibility index (Phi) is 4.67. The van der Waals surface area contributed by atoms with Gasteiger partial charge in [-0.1, -0.05) is 12.1 Å². The van der Waals surface area contributed by atoms with Gasteiger partial charge in [0.25, 0.3) is 11.8 Å². The molecular formula is C15H12F2N2O3. The van der Waals surface area contributed by atoms with Crippen molar-refractivity contribution in [3.63, 3.8) is 0 Å². The number of benzene rings is 2. The smallest absolute Gasteiger partial charge is 0.262 e. The molecule has 0 radical (unpaired) electrons. The quantitative estimate of drug-likeness (QED) is 0.887. The van der Waals surface area contributed by atoms with E-state index in [1.54, 1.807) is 12.1 Å². The number of rotatable bonds is 5. The highest BCUT2D eigenvalue weighted by molar-refractivity contribution is 5.96. The Labute approximate surface area is 124 Å². The molecule has 0 fully saturated rings. The highest BCUT2D eigenvalue weighted by Gasteiger charge is 2.11. The average Bonchev–Trinajstić information content (AvgIpc) is 2.49. The van der Waals surface area contributed by atoms with Gasteiger partial charge in [0, 0.05) is 11.8 Å². The maximum atomic E-state index is 13.0. The number of ether oxygens (including phenoxy) is 1. The van der Waals surface area contributed by atoms with Crippen LogP contribution in [0.15, 0.2) is 42.5 Å². The van der Waals surface area contributed by atoms with Gasteiger partial charge >= 0.3 is 0 Å². The largest absolute Gasteiger partial charge is 0.483 e. The molecule has 0 aliphatic heterocycles. The van der Waals surface area contributed by atoms with E-state index >= 15 is 0 Å². The van der Waals surface area contributed by atoms with Gasteiger partial charge in [-0.2, -0.15) is 0 Å². The second-order valence-corrected chi connectivity index (χ2v) is 4.33. The molecule has 2 amide bonds. The first-order valence-electron chi connectivity index (χ1n) is 6.24. The van der Waals surface area contributed by atoms with Gasteiger partial charge in [-0.25, -0.2) is 8.78 Å². The van der Waals surface area contributed by atoms with Gasteiger partial charge in [-0.05, 0) is 24.3 Å². The van der Waals surface area contributed by atoms with E-state index in [4.69, 9.17) is 10.5 Å². The lowest BCUT2D eigenvalue weighted by molar-refractivity contribution is -0.118. The minimum atomic E-state index is -1.07. The number of halogens is 2. The average molecular weight is 306 g/mol. The molecule has 2 rings (SSSR count). The summed E-state index contributed by atoms with van der Waals surface area (Å²) in [6.07, 6.45) is 0. The van der Waals surface area contributed by atoms with Crippen molar-refractivity contribution in [2.24, 2.45) is 5.73 Å². The Morgan fingerprint density at radius 2 is 1.82 bits per heavy atom. The van der Waals surface area contributed by atoms with Crippen LogP contribution in [-0.4, -0.2) is 18.4 Å². The monoisotopic (exact) mass is 306 g/mol. The van der Waals surface area contributed by atoms with E-state index < -0.39 is 30.1 Å². The summed E-state index contributed by atoms with van der Waals surface area (Å²) >= 11 is 0. The molecule has 0 heterocycles. The zero-order valence-electron chi connectivity index (χ0n) is 11.3. The number of carbonyl (C=O) groups excluding carboxylic acids is 2. The molecule has 0 saturated heterocycles. The molecule has 0 unspecified atom stereocenters. The number of nitrogens with two attached hydrogens (primary N) is 1. The minimum Gasteiger partial charge on any atom is -0.483 e. The number of nitrogens with one attached hydrogen (secondary N) is 1. The normalized spacial score (nSPS) is 10.1. The lowest BCUT2D eigenvalue weighted by Crippen LogP contribution is -2.21. The van der Waals surface area contributed by atoms with Crippen LogP contribution in [0, 0.1) is 11.6 Å². The van der Waals surface area contributed by atoms with Gasteiger partial charge in [0.05, 0.1) is 5.56 Å². The molecule has 5 nitrogen and oxygen atoms in total. The predicted molar refractivity (Wildman–Crippen MR) is 75.4 cm³/mol. The topological polar surface area (TPSA) is 81.4 Å². The van der Waals surface area contributed by atoms with Crippen molar-refractivity contribution in [1.82, 2.24) is 0 Å². The third kappa shape index (κ3) is 3.78. The molecule has 0 aromatic heterocycles. The maximum absolute atomic E-state index is 13.0. The number of anilines is 1. The molecule has 2 aromatic carbocycles. The number of amides is 2. The van der Waals surface area contributed by atoms with Crippen molar-refractivity contribution >= 4 is 17.5 Å². The number of carbonyl (C=O) groups is 2. The van der Waals surface area contributed by atoms with Crippen LogP contribution in [0.5, 0.6) is 5.75 Å². The molecule has 0 aliphatic carbocycles. The summed E-state index contributed by atoms with van der Waals surface area (Å²) in [6.45, 7) is -0.413. The van der Waals surface area contributed by atoms with Gasteiger partial charge in [0.15, 0.2) is 18.2 Å². The molecule has 114 valence electrons. The fraction of sp³-hybridized carbons (Fsp3) is 0.0667. The third-order valence-corrected chi connectivity index (χ3v) is 2.71. The summed E-state index contributed by atoms with van der Waals surface area (Å²) in [5.74, 6) is -3.19. The summed E-state index contributed by atoms with van der Waals surface area (Å²) in [7, 11) is 0. The molecule has 3 N–H and O–H groups in total. The lowest BCUT2D eigenvalue weighted by Gasteiger charge is -2.10. The van der Waals surface area contributed by atoms with E-state index in [0.717, 1.165) is 12.1 Å². The van der Waals surface area contributed by atoms with Crippen LogP contribution in [0.4, 0.5) is 14.5 Å². The standard InChI is InChI=1S/C15H12F2N2O3/c16-11-6-5-9(7-12(11)17)19-14(20)8-22-13-4-2-1-3-10(13)15(18)21/h1-7H,8H2,(H2,18,21)(H,19,20). The van der Waals surface area contributed by atoms with Crippen LogP contribution in [0.2, 0.25) is 0 Å². The zero-order valence-corrected chi connectivity index (χ0v) is 11.3. The van der Waals surface area contributed by atoms with Crippen molar-refractivity contribution in [2.45, 2.75) is 0 Å². The highest BCUT2D eigenvalue weighted by Crippen LogP contribution is 2.17. The molecule has 0 saturated carbocycles. The van der Waals surface area contributed by atoms with Gasteiger partial charge in [-0.3, -0.25) is 9.59 Å². The summed E-state index contributed by atoms with van der Waals surface area (Å²) in [6, 6.07) is 9.14. The number of para-hydroxylation sites is 1. The second-order valence-electron chi connectivity index (χ2n) is 4.33. The lowest BCUT2D eigenvalue weighted by atomic mass is 10.2. The molecule has 2 aromatic rings. The summed E-state index contributed by atoms with van der Waals surface area (Å²) in [4.78, 5) is 22.9. The van der Waals surface area contributed by atoms with E-state index in [9.17, 15) is 18.4 Å². The summed E-state index contributed by atoms with van der Waals surface area (Å²) in [5.41, 5.74) is 5.41. The predicted octanol–water partition coefficient (Wildman–Crippen LogP) is 2.08.